The molecular weight excluding hydrogens is 256 g/mol. The molecule has 0 aliphatic carbocycles. The third-order valence-corrected chi connectivity index (χ3v) is 4.07. The van der Waals surface area contributed by atoms with Crippen LogP contribution in [-0.2, 0) is 0 Å². The number of rotatable bonds is 4. The van der Waals surface area contributed by atoms with E-state index >= 15 is 0 Å². The summed E-state index contributed by atoms with van der Waals surface area (Å²) in [7, 11) is 0. The molecule has 3 rings (SSSR count). The number of nitrogens with zero attached hydrogens (tertiary/aromatic N) is 1. The molecule has 1 aliphatic rings. The van der Waals surface area contributed by atoms with Gasteiger partial charge in [-0.15, -0.1) is 11.3 Å². The molecule has 0 amide bonds. The molecule has 2 aromatic rings. The van der Waals surface area contributed by atoms with Crippen LogP contribution in [-0.4, -0.2) is 12.3 Å². The molecule has 0 saturated carbocycles. The van der Waals surface area contributed by atoms with Crippen molar-refractivity contribution in [2.45, 2.75) is 19.4 Å². The summed E-state index contributed by atoms with van der Waals surface area (Å²) in [4.78, 5) is 1.25. The summed E-state index contributed by atoms with van der Waals surface area (Å²) >= 11 is 1.74. The highest BCUT2D eigenvalue weighted by Gasteiger charge is 2.21. The molecule has 19 heavy (non-hydrogen) atoms. The van der Waals surface area contributed by atoms with Gasteiger partial charge >= 0.3 is 0 Å². The van der Waals surface area contributed by atoms with E-state index in [-0.39, 0.29) is 6.04 Å². The predicted octanol–water partition coefficient (Wildman–Crippen LogP) is 3.59. The van der Waals surface area contributed by atoms with E-state index in [9.17, 15) is 0 Å². The summed E-state index contributed by atoms with van der Waals surface area (Å²) in [6, 6.07) is 12.7. The fourth-order valence-corrected chi connectivity index (χ4v) is 2.92. The van der Waals surface area contributed by atoms with Crippen molar-refractivity contribution >= 4 is 17.0 Å². The lowest BCUT2D eigenvalue weighted by Gasteiger charge is -2.11. The molecule has 1 aromatic carbocycles. The van der Waals surface area contributed by atoms with Gasteiger partial charge in [0.1, 0.15) is 5.75 Å². The van der Waals surface area contributed by atoms with Crippen LogP contribution in [0, 0.1) is 0 Å². The van der Waals surface area contributed by atoms with Gasteiger partial charge in [0, 0.05) is 6.42 Å². The fourth-order valence-electron chi connectivity index (χ4n) is 2.19. The number of hydrazone groups is 1. The average Bonchev–Trinajstić information content (AvgIpc) is 3.11. The summed E-state index contributed by atoms with van der Waals surface area (Å²) < 4.78 is 5.46. The molecule has 0 saturated heterocycles. The first kappa shape index (κ1) is 12.2. The van der Waals surface area contributed by atoms with E-state index in [0.29, 0.717) is 6.61 Å². The lowest BCUT2D eigenvalue weighted by molar-refractivity contribution is 0.340. The Kier molecular flexibility index (Phi) is 3.51. The Morgan fingerprint density at radius 2 is 2.16 bits per heavy atom. The quantitative estimate of drug-likeness (QED) is 0.923. The minimum Gasteiger partial charge on any atom is -0.494 e. The van der Waals surface area contributed by atoms with Crippen LogP contribution in [0.15, 0.2) is 46.9 Å². The summed E-state index contributed by atoms with van der Waals surface area (Å²) in [5.41, 5.74) is 5.61. The van der Waals surface area contributed by atoms with E-state index in [1.54, 1.807) is 11.3 Å². The van der Waals surface area contributed by atoms with Gasteiger partial charge in [-0.25, -0.2) is 0 Å². The maximum atomic E-state index is 5.46. The van der Waals surface area contributed by atoms with Crippen molar-refractivity contribution in [3.63, 3.8) is 0 Å². The van der Waals surface area contributed by atoms with Crippen molar-refractivity contribution in [2.75, 3.05) is 6.61 Å². The summed E-state index contributed by atoms with van der Waals surface area (Å²) in [6.45, 7) is 2.69. The van der Waals surface area contributed by atoms with Crippen LogP contribution in [0.1, 0.15) is 29.8 Å². The van der Waals surface area contributed by atoms with E-state index < -0.39 is 0 Å². The van der Waals surface area contributed by atoms with E-state index in [2.05, 4.69) is 40.2 Å². The van der Waals surface area contributed by atoms with Crippen LogP contribution in [0.3, 0.4) is 0 Å². The first-order valence-corrected chi connectivity index (χ1v) is 7.33. The van der Waals surface area contributed by atoms with Crippen LogP contribution < -0.4 is 10.2 Å². The molecule has 1 aromatic heterocycles. The Morgan fingerprint density at radius 1 is 1.32 bits per heavy atom. The van der Waals surface area contributed by atoms with Gasteiger partial charge in [0.05, 0.1) is 23.2 Å². The third kappa shape index (κ3) is 2.63. The van der Waals surface area contributed by atoms with Crippen LogP contribution >= 0.6 is 11.3 Å². The largest absolute Gasteiger partial charge is 0.494 e. The van der Waals surface area contributed by atoms with Gasteiger partial charge < -0.3 is 10.2 Å². The SMILES string of the molecule is CCOc1ccc(C2CC(c3cccs3)=NN2)cc1. The Balaban J connectivity index is 1.69. The number of thiophene rings is 1. The number of hydrogen-bond acceptors (Lipinski definition) is 4. The number of benzene rings is 1. The van der Waals surface area contributed by atoms with Gasteiger partial charge in [0.2, 0.25) is 0 Å². The van der Waals surface area contributed by atoms with Crippen molar-refractivity contribution in [1.29, 1.82) is 0 Å². The number of ether oxygens (including phenoxy) is 1. The predicted molar refractivity (Wildman–Crippen MR) is 79.0 cm³/mol. The topological polar surface area (TPSA) is 33.6 Å². The number of nitrogens with one attached hydrogen (secondary N) is 1. The highest BCUT2D eigenvalue weighted by molar-refractivity contribution is 7.12. The Morgan fingerprint density at radius 3 is 2.84 bits per heavy atom. The second-order valence-corrected chi connectivity index (χ2v) is 5.37. The van der Waals surface area contributed by atoms with Gasteiger partial charge in [0.25, 0.3) is 0 Å². The van der Waals surface area contributed by atoms with E-state index in [1.165, 1.54) is 10.4 Å². The summed E-state index contributed by atoms with van der Waals surface area (Å²) in [5, 5.41) is 6.53. The second-order valence-electron chi connectivity index (χ2n) is 4.42. The van der Waals surface area contributed by atoms with Crippen LogP contribution in [0.2, 0.25) is 0 Å². The van der Waals surface area contributed by atoms with Crippen LogP contribution in [0.5, 0.6) is 5.75 Å². The van der Waals surface area contributed by atoms with Crippen molar-refractivity contribution in [3.8, 4) is 5.75 Å². The molecule has 0 radical (unpaired) electrons. The molecule has 0 spiro atoms. The first-order valence-electron chi connectivity index (χ1n) is 6.45. The lowest BCUT2D eigenvalue weighted by atomic mass is 10.0. The molecule has 4 heteroatoms. The maximum Gasteiger partial charge on any atom is 0.119 e. The molecule has 1 atom stereocenters. The van der Waals surface area contributed by atoms with Crippen LogP contribution in [0.25, 0.3) is 0 Å². The van der Waals surface area contributed by atoms with Crippen LogP contribution in [0.4, 0.5) is 0 Å². The lowest BCUT2D eigenvalue weighted by Crippen LogP contribution is -2.09. The summed E-state index contributed by atoms with van der Waals surface area (Å²) in [6.07, 6.45) is 0.939. The molecule has 1 unspecified atom stereocenters. The monoisotopic (exact) mass is 272 g/mol. The van der Waals surface area contributed by atoms with Crippen molar-refractivity contribution in [3.05, 3.63) is 52.2 Å². The standard InChI is InChI=1S/C15H16N2OS/c1-2-18-12-7-5-11(6-8-12)13-10-14(17-16-13)15-4-3-9-19-15/h3-9,13,16H,2,10H2,1H3. The molecule has 98 valence electrons. The van der Waals surface area contributed by atoms with Crippen molar-refractivity contribution in [2.24, 2.45) is 5.10 Å². The van der Waals surface area contributed by atoms with Gasteiger partial charge in [-0.1, -0.05) is 18.2 Å². The first-order chi connectivity index (χ1) is 9.36. The minimum absolute atomic E-state index is 0.271. The molecule has 1 N–H and O–H groups in total. The zero-order valence-corrected chi connectivity index (χ0v) is 11.6. The Bertz CT molecular complexity index is 560. The highest BCUT2D eigenvalue weighted by Crippen LogP contribution is 2.27. The van der Waals surface area contributed by atoms with Gasteiger partial charge in [-0.3, -0.25) is 0 Å². The molecule has 3 nitrogen and oxygen atoms in total. The fraction of sp³-hybridized carbons (Fsp3) is 0.267. The Labute approximate surface area is 116 Å². The molecule has 2 heterocycles. The maximum absolute atomic E-state index is 5.46. The van der Waals surface area contributed by atoms with Gasteiger partial charge in [0.15, 0.2) is 0 Å². The van der Waals surface area contributed by atoms with E-state index in [1.807, 2.05) is 19.1 Å². The molecule has 1 aliphatic heterocycles. The zero-order chi connectivity index (χ0) is 13.1. The summed E-state index contributed by atoms with van der Waals surface area (Å²) in [5.74, 6) is 0.920. The number of hydrogen-bond donors (Lipinski definition) is 1. The third-order valence-electron chi connectivity index (χ3n) is 3.15. The highest BCUT2D eigenvalue weighted by atomic mass is 32.1. The second kappa shape index (κ2) is 5.45. The Hall–Kier alpha value is -1.81. The van der Waals surface area contributed by atoms with Gasteiger partial charge in [-0.05, 0) is 36.1 Å². The normalized spacial score (nSPS) is 17.9. The average molecular weight is 272 g/mol. The van der Waals surface area contributed by atoms with Crippen molar-refractivity contribution in [1.82, 2.24) is 5.43 Å². The van der Waals surface area contributed by atoms with E-state index in [0.717, 1.165) is 17.9 Å². The molecular formula is C15H16N2OS. The van der Waals surface area contributed by atoms with Gasteiger partial charge in [-0.2, -0.15) is 5.10 Å². The zero-order valence-electron chi connectivity index (χ0n) is 10.8. The molecule has 0 fully saturated rings. The molecule has 0 bridgehead atoms. The van der Waals surface area contributed by atoms with Crippen molar-refractivity contribution < 1.29 is 4.74 Å². The van der Waals surface area contributed by atoms with E-state index in [4.69, 9.17) is 4.74 Å². The smallest absolute Gasteiger partial charge is 0.119 e. The minimum atomic E-state index is 0.271.